The zero-order valence-corrected chi connectivity index (χ0v) is 24.5. The summed E-state index contributed by atoms with van der Waals surface area (Å²) in [5, 5.41) is 0. The van der Waals surface area contributed by atoms with Gasteiger partial charge in [-0.3, -0.25) is 19.6 Å². The Hall–Kier alpha value is -3.32. The Morgan fingerprint density at radius 3 is 0.750 bits per heavy atom. The molecule has 5 rings (SSSR count). The maximum absolute atomic E-state index is 4.63. The van der Waals surface area contributed by atoms with E-state index in [1.165, 1.54) is 0 Å². The van der Waals surface area contributed by atoms with Gasteiger partial charge in [0.25, 0.3) is 0 Å². The molecule has 12 heteroatoms. The van der Waals surface area contributed by atoms with Crippen LogP contribution in [0.2, 0.25) is 0 Å². The third kappa shape index (κ3) is 7.45. The average Bonchev–Trinajstić information content (AvgIpc) is 3.73. The topological polar surface area (TPSA) is 84.2 Å². The summed E-state index contributed by atoms with van der Waals surface area (Å²) in [7, 11) is 8.32. The molecule has 4 aromatic rings. The van der Waals surface area contributed by atoms with Crippen molar-refractivity contribution in [3.63, 3.8) is 0 Å². The van der Waals surface area contributed by atoms with Crippen LogP contribution in [-0.2, 0) is 54.4 Å². The van der Waals surface area contributed by atoms with Crippen LogP contribution in [0.5, 0.6) is 0 Å². The second-order valence-electron chi connectivity index (χ2n) is 10.9. The Balaban J connectivity index is 1.35. The lowest BCUT2D eigenvalue weighted by molar-refractivity contribution is 0.116. The first-order chi connectivity index (χ1) is 19.4. The molecule has 4 aromatic heterocycles. The van der Waals surface area contributed by atoms with Gasteiger partial charge in [0.2, 0.25) is 0 Å². The molecule has 0 unspecified atom stereocenters. The van der Waals surface area contributed by atoms with E-state index in [2.05, 4.69) is 86.0 Å². The van der Waals surface area contributed by atoms with E-state index in [-0.39, 0.29) is 0 Å². The second-order valence-corrected chi connectivity index (χ2v) is 10.9. The van der Waals surface area contributed by atoms with Crippen LogP contribution in [0.15, 0.2) is 49.6 Å². The second kappa shape index (κ2) is 13.4. The summed E-state index contributed by atoms with van der Waals surface area (Å²) >= 11 is 0. The summed E-state index contributed by atoms with van der Waals surface area (Å²) in [6.45, 7) is 11.1. The smallest absolute Gasteiger partial charge is 0.122 e. The molecule has 0 bridgehead atoms. The number of nitrogens with zero attached hydrogens (tertiary/aromatic N) is 12. The molecule has 5 heterocycles. The minimum Gasteiger partial charge on any atom is -0.337 e. The van der Waals surface area contributed by atoms with Crippen LogP contribution < -0.4 is 0 Å². The van der Waals surface area contributed by atoms with Crippen molar-refractivity contribution in [3.05, 3.63) is 72.9 Å². The van der Waals surface area contributed by atoms with E-state index in [4.69, 9.17) is 0 Å². The fourth-order valence-electron chi connectivity index (χ4n) is 5.21. The number of hydrogen-bond acceptors (Lipinski definition) is 8. The van der Waals surface area contributed by atoms with Gasteiger partial charge in [0, 0.05) is 130 Å². The summed E-state index contributed by atoms with van der Waals surface area (Å²) < 4.78 is 8.51. The van der Waals surface area contributed by atoms with Gasteiger partial charge in [-0.05, 0) is 0 Å². The van der Waals surface area contributed by atoms with Crippen LogP contribution in [0.3, 0.4) is 0 Å². The predicted molar refractivity (Wildman–Crippen MR) is 154 cm³/mol. The maximum atomic E-state index is 4.63. The first-order valence-electron chi connectivity index (χ1n) is 14.2. The molecule has 0 atom stereocenters. The Kier molecular flexibility index (Phi) is 9.42. The van der Waals surface area contributed by atoms with Gasteiger partial charge in [0.05, 0.1) is 26.2 Å². The highest BCUT2D eigenvalue weighted by Gasteiger charge is 2.20. The van der Waals surface area contributed by atoms with E-state index in [0.717, 1.165) is 102 Å². The van der Waals surface area contributed by atoms with E-state index in [1.807, 2.05) is 49.6 Å². The Labute approximate surface area is 237 Å². The molecule has 1 aliphatic rings. The average molecular weight is 549 g/mol. The van der Waals surface area contributed by atoms with Crippen molar-refractivity contribution in [2.45, 2.75) is 26.2 Å². The van der Waals surface area contributed by atoms with Crippen molar-refractivity contribution in [3.8, 4) is 0 Å². The summed E-state index contributed by atoms with van der Waals surface area (Å²) in [6, 6.07) is 0. The zero-order chi connectivity index (χ0) is 27.9. The Morgan fingerprint density at radius 1 is 0.400 bits per heavy atom. The lowest BCUT2D eigenvalue weighted by Crippen LogP contribution is -2.45. The standard InChI is InChI=1S/C28H44N12/c1-33-9-5-29-25(33)21-37-13-15-38(22-26-30-6-10-34(26)2)17-19-40(24-28-32-8-12-36(28)4)20-18-39(16-14-37)23-27-31-7-11-35(27)3/h5-12H,13-24H2,1-4H3. The highest BCUT2D eigenvalue weighted by molar-refractivity contribution is 4.95. The monoisotopic (exact) mass is 548 g/mol. The lowest BCUT2D eigenvalue weighted by Gasteiger charge is -2.34. The van der Waals surface area contributed by atoms with Crippen LogP contribution in [0.4, 0.5) is 0 Å². The molecular weight excluding hydrogens is 504 g/mol. The quantitative estimate of drug-likeness (QED) is 0.322. The molecule has 0 aromatic carbocycles. The van der Waals surface area contributed by atoms with Gasteiger partial charge in [-0.1, -0.05) is 0 Å². The van der Waals surface area contributed by atoms with E-state index in [1.54, 1.807) is 0 Å². The van der Waals surface area contributed by atoms with Gasteiger partial charge >= 0.3 is 0 Å². The van der Waals surface area contributed by atoms with E-state index < -0.39 is 0 Å². The van der Waals surface area contributed by atoms with Crippen LogP contribution in [0.25, 0.3) is 0 Å². The van der Waals surface area contributed by atoms with Gasteiger partial charge in [-0.2, -0.15) is 0 Å². The fourth-order valence-corrected chi connectivity index (χ4v) is 5.21. The number of aromatic nitrogens is 8. The molecule has 216 valence electrons. The van der Waals surface area contributed by atoms with Crippen molar-refractivity contribution in [1.82, 2.24) is 57.8 Å². The molecule has 12 nitrogen and oxygen atoms in total. The SMILES string of the molecule is Cn1ccnc1CN1CCN(Cc2nccn2C)CCN(Cc2nccn2C)CCN(Cc2nccn2C)CC1. The van der Waals surface area contributed by atoms with Gasteiger partial charge in [-0.15, -0.1) is 0 Å². The molecule has 1 fully saturated rings. The molecule has 0 saturated carbocycles. The zero-order valence-electron chi connectivity index (χ0n) is 24.5. The van der Waals surface area contributed by atoms with E-state index in [0.29, 0.717) is 0 Å². The molecule has 1 saturated heterocycles. The minimum absolute atomic E-state index is 0.835. The molecule has 0 aliphatic carbocycles. The van der Waals surface area contributed by atoms with Crippen molar-refractivity contribution in [2.75, 3.05) is 52.4 Å². The lowest BCUT2D eigenvalue weighted by atomic mass is 10.3. The highest BCUT2D eigenvalue weighted by atomic mass is 15.3. The molecule has 0 radical (unpaired) electrons. The number of imidazole rings is 4. The van der Waals surface area contributed by atoms with Gasteiger partial charge < -0.3 is 18.3 Å². The Morgan fingerprint density at radius 2 is 0.600 bits per heavy atom. The first kappa shape index (κ1) is 28.2. The summed E-state index contributed by atoms with van der Waals surface area (Å²) in [5.74, 6) is 4.39. The van der Waals surface area contributed by atoms with Crippen LogP contribution in [-0.4, -0.2) is 110 Å². The molecule has 40 heavy (non-hydrogen) atoms. The van der Waals surface area contributed by atoms with Crippen LogP contribution >= 0.6 is 0 Å². The Bertz CT molecular complexity index is 1100. The number of hydrogen-bond donors (Lipinski definition) is 0. The summed E-state index contributed by atoms with van der Waals surface area (Å²) in [4.78, 5) is 28.7. The van der Waals surface area contributed by atoms with E-state index in [9.17, 15) is 0 Å². The first-order valence-corrected chi connectivity index (χ1v) is 14.2. The molecule has 1 aliphatic heterocycles. The maximum Gasteiger partial charge on any atom is 0.122 e. The van der Waals surface area contributed by atoms with Crippen molar-refractivity contribution in [1.29, 1.82) is 0 Å². The van der Waals surface area contributed by atoms with Crippen LogP contribution in [0, 0.1) is 0 Å². The van der Waals surface area contributed by atoms with Gasteiger partial charge in [-0.25, -0.2) is 19.9 Å². The van der Waals surface area contributed by atoms with Crippen molar-refractivity contribution >= 4 is 0 Å². The number of rotatable bonds is 8. The normalized spacial score (nSPS) is 17.7. The fraction of sp³-hybridized carbons (Fsp3) is 0.571. The minimum atomic E-state index is 0.835. The highest BCUT2D eigenvalue weighted by Crippen LogP contribution is 2.11. The van der Waals surface area contributed by atoms with Gasteiger partial charge in [0.15, 0.2) is 0 Å². The molecule has 0 N–H and O–H groups in total. The molecular formula is C28H44N12. The summed E-state index contributed by atoms with van der Waals surface area (Å²) in [6.07, 6.45) is 15.7. The van der Waals surface area contributed by atoms with Gasteiger partial charge in [0.1, 0.15) is 23.3 Å². The van der Waals surface area contributed by atoms with Crippen LogP contribution in [0.1, 0.15) is 23.3 Å². The van der Waals surface area contributed by atoms with Crippen molar-refractivity contribution < 1.29 is 0 Å². The van der Waals surface area contributed by atoms with E-state index >= 15 is 0 Å². The largest absolute Gasteiger partial charge is 0.337 e. The number of aryl methyl sites for hydroxylation is 4. The third-order valence-electron chi connectivity index (χ3n) is 8.07. The van der Waals surface area contributed by atoms with Crippen molar-refractivity contribution in [2.24, 2.45) is 28.2 Å². The molecule has 0 amide bonds. The summed E-state index contributed by atoms with van der Waals surface area (Å²) in [5.41, 5.74) is 0. The predicted octanol–water partition coefficient (Wildman–Crippen LogP) is 0.943. The molecule has 0 spiro atoms. The third-order valence-corrected chi connectivity index (χ3v) is 8.07.